The highest BCUT2D eigenvalue weighted by Gasteiger charge is 2.00. The monoisotopic (exact) mass is 244 g/mol. The Kier molecular flexibility index (Phi) is 6.06. The molecule has 1 atom stereocenters. The topological polar surface area (TPSA) is 24.9 Å². The summed E-state index contributed by atoms with van der Waals surface area (Å²) in [6.07, 6.45) is 5.15. The van der Waals surface area contributed by atoms with Gasteiger partial charge in [-0.1, -0.05) is 17.7 Å². The van der Waals surface area contributed by atoms with Crippen LogP contribution in [-0.2, 0) is 6.54 Å². The van der Waals surface area contributed by atoms with Crippen molar-refractivity contribution >= 4 is 23.4 Å². The average molecular weight is 245 g/mol. The van der Waals surface area contributed by atoms with Crippen LogP contribution >= 0.6 is 23.4 Å². The van der Waals surface area contributed by atoms with Gasteiger partial charge in [0.2, 0.25) is 0 Å². The highest BCUT2D eigenvalue weighted by molar-refractivity contribution is 7.98. The van der Waals surface area contributed by atoms with Gasteiger partial charge in [-0.2, -0.15) is 11.8 Å². The van der Waals surface area contributed by atoms with Gasteiger partial charge in [0.25, 0.3) is 0 Å². The second-order valence-electron chi connectivity index (χ2n) is 3.55. The summed E-state index contributed by atoms with van der Waals surface area (Å²) in [5, 5.41) is 4.01. The van der Waals surface area contributed by atoms with Gasteiger partial charge in [-0.15, -0.1) is 0 Å². The first-order chi connectivity index (χ1) is 7.22. The van der Waals surface area contributed by atoms with Gasteiger partial charge in [0, 0.05) is 18.8 Å². The van der Waals surface area contributed by atoms with E-state index in [1.54, 1.807) is 0 Å². The van der Waals surface area contributed by atoms with E-state index in [4.69, 9.17) is 11.6 Å². The maximum absolute atomic E-state index is 5.71. The molecule has 1 aromatic rings. The first-order valence-corrected chi connectivity index (χ1v) is 6.82. The Morgan fingerprint density at radius 3 is 2.93 bits per heavy atom. The lowest BCUT2D eigenvalue weighted by molar-refractivity contribution is 0.537. The van der Waals surface area contributed by atoms with E-state index in [9.17, 15) is 0 Å². The van der Waals surface area contributed by atoms with E-state index in [-0.39, 0.29) is 0 Å². The molecular formula is C11H17ClN2S. The van der Waals surface area contributed by atoms with Crippen LogP contribution in [0.4, 0.5) is 0 Å². The third kappa shape index (κ3) is 5.40. The molecule has 0 fully saturated rings. The molecule has 0 saturated heterocycles. The Bertz CT molecular complexity index is 276. The summed E-state index contributed by atoms with van der Waals surface area (Å²) >= 11 is 7.59. The van der Waals surface area contributed by atoms with Crippen LogP contribution in [0.1, 0.15) is 18.9 Å². The molecule has 0 aliphatic carbocycles. The largest absolute Gasteiger partial charge is 0.310 e. The van der Waals surface area contributed by atoms with Crippen molar-refractivity contribution in [3.63, 3.8) is 0 Å². The van der Waals surface area contributed by atoms with E-state index in [2.05, 4.69) is 23.5 Å². The zero-order chi connectivity index (χ0) is 11.1. The number of nitrogens with zero attached hydrogens (tertiary/aromatic N) is 1. The summed E-state index contributed by atoms with van der Waals surface area (Å²) in [6.45, 7) is 3.07. The van der Waals surface area contributed by atoms with Crippen molar-refractivity contribution < 1.29 is 0 Å². The molecule has 2 nitrogen and oxygen atoms in total. The van der Waals surface area contributed by atoms with Crippen LogP contribution in [0.15, 0.2) is 18.3 Å². The zero-order valence-electron chi connectivity index (χ0n) is 9.16. The minimum Gasteiger partial charge on any atom is -0.310 e. The van der Waals surface area contributed by atoms with Crippen LogP contribution in [0.2, 0.25) is 5.15 Å². The molecule has 1 aromatic heterocycles. The molecular weight excluding hydrogens is 228 g/mol. The average Bonchev–Trinajstić information content (AvgIpc) is 2.25. The zero-order valence-corrected chi connectivity index (χ0v) is 10.7. The molecule has 0 saturated carbocycles. The fourth-order valence-corrected chi connectivity index (χ4v) is 1.90. The van der Waals surface area contributed by atoms with Gasteiger partial charge in [0.1, 0.15) is 5.15 Å². The van der Waals surface area contributed by atoms with Gasteiger partial charge in [-0.3, -0.25) is 0 Å². The van der Waals surface area contributed by atoms with E-state index in [0.717, 1.165) is 6.54 Å². The number of aromatic nitrogens is 1. The number of pyridine rings is 1. The first kappa shape index (κ1) is 12.8. The highest BCUT2D eigenvalue weighted by atomic mass is 35.5. The van der Waals surface area contributed by atoms with E-state index in [1.165, 1.54) is 17.7 Å². The lowest BCUT2D eigenvalue weighted by Crippen LogP contribution is -2.25. The first-order valence-electron chi connectivity index (χ1n) is 5.05. The van der Waals surface area contributed by atoms with Crippen LogP contribution in [0, 0.1) is 0 Å². The fourth-order valence-electron chi connectivity index (χ4n) is 1.20. The fraction of sp³-hybridized carbons (Fsp3) is 0.545. The Balaban J connectivity index is 2.27. The van der Waals surface area contributed by atoms with Crippen LogP contribution < -0.4 is 5.32 Å². The minimum absolute atomic E-state index is 0.549. The number of nitrogens with one attached hydrogen (secondary N) is 1. The molecule has 0 radical (unpaired) electrons. The van der Waals surface area contributed by atoms with Crippen molar-refractivity contribution in [2.75, 3.05) is 12.0 Å². The minimum atomic E-state index is 0.549. The normalized spacial score (nSPS) is 12.7. The highest BCUT2D eigenvalue weighted by Crippen LogP contribution is 2.06. The van der Waals surface area contributed by atoms with Crippen molar-refractivity contribution in [2.24, 2.45) is 0 Å². The molecule has 1 heterocycles. The number of thioether (sulfide) groups is 1. The molecule has 0 spiro atoms. The standard InChI is InChI=1S/C11H17ClN2S/c1-9(5-6-15-2)13-7-10-3-4-11(12)14-8-10/h3-4,8-9,13H,5-7H2,1-2H3. The summed E-state index contributed by atoms with van der Waals surface area (Å²) in [5.74, 6) is 1.20. The Labute approximate surface area is 101 Å². The third-order valence-electron chi connectivity index (χ3n) is 2.20. The number of halogens is 1. The molecule has 0 aliphatic rings. The maximum Gasteiger partial charge on any atom is 0.129 e. The van der Waals surface area contributed by atoms with Crippen LogP contribution in [0.3, 0.4) is 0 Å². The van der Waals surface area contributed by atoms with Gasteiger partial charge >= 0.3 is 0 Å². The Morgan fingerprint density at radius 1 is 1.53 bits per heavy atom. The van der Waals surface area contributed by atoms with Gasteiger partial charge in [0.05, 0.1) is 0 Å². The van der Waals surface area contributed by atoms with Gasteiger partial charge < -0.3 is 5.32 Å². The Hall–Kier alpha value is -0.250. The van der Waals surface area contributed by atoms with Gasteiger partial charge in [0.15, 0.2) is 0 Å². The molecule has 1 unspecified atom stereocenters. The number of hydrogen-bond acceptors (Lipinski definition) is 3. The van der Waals surface area contributed by atoms with Crippen molar-refractivity contribution in [1.29, 1.82) is 0 Å². The lowest BCUT2D eigenvalue weighted by Gasteiger charge is -2.12. The summed E-state index contributed by atoms with van der Waals surface area (Å²) in [6, 6.07) is 4.38. The predicted octanol–water partition coefficient (Wildman–Crippen LogP) is 2.97. The summed E-state index contributed by atoms with van der Waals surface area (Å²) in [7, 11) is 0. The molecule has 0 aliphatic heterocycles. The molecule has 84 valence electrons. The summed E-state index contributed by atoms with van der Waals surface area (Å²) in [4.78, 5) is 4.04. The van der Waals surface area contributed by atoms with E-state index in [1.807, 2.05) is 30.1 Å². The van der Waals surface area contributed by atoms with Crippen LogP contribution in [-0.4, -0.2) is 23.0 Å². The predicted molar refractivity (Wildman–Crippen MR) is 68.5 cm³/mol. The van der Waals surface area contributed by atoms with Gasteiger partial charge in [-0.25, -0.2) is 4.98 Å². The van der Waals surface area contributed by atoms with Crippen molar-refractivity contribution in [3.05, 3.63) is 29.0 Å². The molecule has 15 heavy (non-hydrogen) atoms. The molecule has 0 aromatic carbocycles. The summed E-state index contributed by atoms with van der Waals surface area (Å²) < 4.78 is 0. The molecule has 1 rings (SSSR count). The van der Waals surface area contributed by atoms with Gasteiger partial charge in [-0.05, 0) is 37.0 Å². The SMILES string of the molecule is CSCCC(C)NCc1ccc(Cl)nc1. The molecule has 1 N–H and O–H groups in total. The van der Waals surface area contributed by atoms with E-state index >= 15 is 0 Å². The van der Waals surface area contributed by atoms with E-state index in [0.29, 0.717) is 11.2 Å². The maximum atomic E-state index is 5.71. The molecule has 0 amide bonds. The smallest absolute Gasteiger partial charge is 0.129 e. The number of hydrogen-bond donors (Lipinski definition) is 1. The quantitative estimate of drug-likeness (QED) is 0.779. The Morgan fingerprint density at radius 2 is 2.33 bits per heavy atom. The van der Waals surface area contributed by atoms with Crippen molar-refractivity contribution in [2.45, 2.75) is 25.9 Å². The van der Waals surface area contributed by atoms with Crippen molar-refractivity contribution in [3.8, 4) is 0 Å². The van der Waals surface area contributed by atoms with Crippen LogP contribution in [0.5, 0.6) is 0 Å². The molecule has 4 heteroatoms. The second kappa shape index (κ2) is 7.09. The number of rotatable bonds is 6. The lowest BCUT2D eigenvalue weighted by atomic mass is 10.2. The van der Waals surface area contributed by atoms with E-state index < -0.39 is 0 Å². The van der Waals surface area contributed by atoms with Crippen molar-refractivity contribution in [1.82, 2.24) is 10.3 Å². The third-order valence-corrected chi connectivity index (χ3v) is 3.07. The second-order valence-corrected chi connectivity index (χ2v) is 4.93. The summed E-state index contributed by atoms with van der Waals surface area (Å²) in [5.41, 5.74) is 1.18. The molecule has 0 bridgehead atoms. The van der Waals surface area contributed by atoms with Crippen LogP contribution in [0.25, 0.3) is 0 Å².